The van der Waals surface area contributed by atoms with Gasteiger partial charge in [-0.2, -0.15) is 0 Å². The van der Waals surface area contributed by atoms with Crippen molar-refractivity contribution in [2.24, 2.45) is 0 Å². The van der Waals surface area contributed by atoms with Crippen LogP contribution in [0.1, 0.15) is 17.3 Å². The van der Waals surface area contributed by atoms with Gasteiger partial charge in [0, 0.05) is 45.0 Å². The number of fused-ring (bicyclic) bond motifs is 1. The average Bonchev–Trinajstić information content (AvgIpc) is 2.81. The lowest BCUT2D eigenvalue weighted by Gasteiger charge is -2.35. The highest BCUT2D eigenvalue weighted by Gasteiger charge is 2.25. The van der Waals surface area contributed by atoms with Gasteiger partial charge in [0.15, 0.2) is 17.3 Å². The summed E-state index contributed by atoms with van der Waals surface area (Å²) < 4.78 is 49.4. The maximum Gasteiger partial charge on any atom is 0.343 e. The summed E-state index contributed by atoms with van der Waals surface area (Å²) in [5.41, 5.74) is -1.49. The number of β-amino-alcohol motifs (C(OH)–C–C–N with tert-alkyl or cyclic N) is 1. The molecule has 0 radical (unpaired) electrons. The molecule has 8 nitrogen and oxygen atoms in total. The number of esters is 1. The van der Waals surface area contributed by atoms with Gasteiger partial charge in [-0.15, -0.1) is 0 Å². The van der Waals surface area contributed by atoms with Gasteiger partial charge in [0.2, 0.25) is 5.43 Å². The van der Waals surface area contributed by atoms with Crippen molar-refractivity contribution >= 4 is 22.8 Å². The maximum atomic E-state index is 15.1. The molecule has 3 aromatic rings. The third-order valence-electron chi connectivity index (χ3n) is 5.67. The number of halogens is 3. The smallest absolute Gasteiger partial charge is 0.343 e. The van der Waals surface area contributed by atoms with Crippen molar-refractivity contribution in [1.29, 1.82) is 0 Å². The second-order valence-corrected chi connectivity index (χ2v) is 7.78. The summed E-state index contributed by atoms with van der Waals surface area (Å²) in [6, 6.07) is 3.80. The molecule has 0 atom stereocenters. The van der Waals surface area contributed by atoms with E-state index in [1.54, 1.807) is 11.8 Å². The Kier molecular flexibility index (Phi) is 6.85. The van der Waals surface area contributed by atoms with Crippen molar-refractivity contribution in [1.82, 2.24) is 14.5 Å². The molecule has 0 unspecified atom stereocenters. The summed E-state index contributed by atoms with van der Waals surface area (Å²) in [7, 11) is 0. The Morgan fingerprint density at radius 3 is 2.50 bits per heavy atom. The highest BCUT2D eigenvalue weighted by Crippen LogP contribution is 2.26. The molecule has 1 aliphatic rings. The van der Waals surface area contributed by atoms with Crippen LogP contribution in [0.15, 0.2) is 35.3 Å². The van der Waals surface area contributed by atoms with Crippen LogP contribution in [0.4, 0.5) is 19.0 Å². The van der Waals surface area contributed by atoms with Crippen LogP contribution in [0, 0.1) is 17.5 Å². The van der Waals surface area contributed by atoms with Crippen molar-refractivity contribution in [2.75, 3.05) is 50.8 Å². The fourth-order valence-electron chi connectivity index (χ4n) is 3.98. The van der Waals surface area contributed by atoms with Crippen LogP contribution in [-0.2, 0) is 4.74 Å². The van der Waals surface area contributed by atoms with E-state index < -0.39 is 34.4 Å². The van der Waals surface area contributed by atoms with E-state index in [0.717, 1.165) is 29.0 Å². The Morgan fingerprint density at radius 2 is 1.85 bits per heavy atom. The number of ether oxygens (including phenoxy) is 1. The maximum absolute atomic E-state index is 15.1. The molecule has 1 aromatic carbocycles. The van der Waals surface area contributed by atoms with Crippen LogP contribution in [0.2, 0.25) is 0 Å². The molecule has 180 valence electrons. The van der Waals surface area contributed by atoms with Gasteiger partial charge >= 0.3 is 5.97 Å². The standard InChI is InChI=1S/C23H23F3N4O4/c1-2-34-23(33)16-13-30(19-4-3-14(24)11-17(19)25)21-15(20(16)32)12-18(26)22(27-21)29-7-5-28(6-8-29)9-10-31/h3-4,11-13,31H,2,5-10H2,1H3. The van der Waals surface area contributed by atoms with Gasteiger partial charge in [-0.25, -0.2) is 22.9 Å². The Balaban J connectivity index is 1.90. The van der Waals surface area contributed by atoms with E-state index in [-0.39, 0.29) is 35.8 Å². The molecule has 3 heterocycles. The van der Waals surface area contributed by atoms with Crippen molar-refractivity contribution < 1.29 is 27.8 Å². The second-order valence-electron chi connectivity index (χ2n) is 7.78. The van der Waals surface area contributed by atoms with Gasteiger partial charge < -0.3 is 14.7 Å². The Morgan fingerprint density at radius 1 is 1.12 bits per heavy atom. The van der Waals surface area contributed by atoms with Crippen LogP contribution >= 0.6 is 0 Å². The lowest BCUT2D eigenvalue weighted by atomic mass is 10.1. The number of piperazine rings is 1. The van der Waals surface area contributed by atoms with Crippen LogP contribution in [0.3, 0.4) is 0 Å². The Hall–Kier alpha value is -3.44. The molecule has 4 rings (SSSR count). The first-order chi connectivity index (χ1) is 16.3. The van der Waals surface area contributed by atoms with Gasteiger partial charge in [0.05, 0.1) is 24.3 Å². The summed E-state index contributed by atoms with van der Waals surface area (Å²) in [4.78, 5) is 33.4. The number of rotatable bonds is 6. The monoisotopic (exact) mass is 476 g/mol. The summed E-state index contributed by atoms with van der Waals surface area (Å²) in [6.45, 7) is 4.06. The number of carbonyl (C=O) groups is 1. The minimum Gasteiger partial charge on any atom is -0.462 e. The van der Waals surface area contributed by atoms with Crippen molar-refractivity contribution in [2.45, 2.75) is 6.92 Å². The lowest BCUT2D eigenvalue weighted by Crippen LogP contribution is -2.47. The number of aliphatic hydroxyl groups excluding tert-OH is 1. The Bertz CT molecular complexity index is 1290. The fraction of sp³-hybridized carbons (Fsp3) is 0.348. The number of hydrogen-bond acceptors (Lipinski definition) is 7. The van der Waals surface area contributed by atoms with Crippen LogP contribution in [-0.4, -0.2) is 71.5 Å². The molecule has 11 heteroatoms. The van der Waals surface area contributed by atoms with Gasteiger partial charge in [-0.05, 0) is 25.1 Å². The topological polar surface area (TPSA) is 87.9 Å². The molecular formula is C23H23F3N4O4. The molecule has 1 aliphatic heterocycles. The molecule has 1 fully saturated rings. The van der Waals surface area contributed by atoms with Crippen molar-refractivity contribution in [3.8, 4) is 5.69 Å². The quantitative estimate of drug-likeness (QED) is 0.545. The van der Waals surface area contributed by atoms with E-state index in [4.69, 9.17) is 9.84 Å². The number of nitrogens with zero attached hydrogens (tertiary/aromatic N) is 4. The Labute approximate surface area is 192 Å². The lowest BCUT2D eigenvalue weighted by molar-refractivity contribution is 0.0524. The number of carbonyl (C=O) groups excluding carboxylic acids is 1. The van der Waals surface area contributed by atoms with Crippen LogP contribution < -0.4 is 10.3 Å². The molecule has 0 bridgehead atoms. The largest absolute Gasteiger partial charge is 0.462 e. The molecular weight excluding hydrogens is 453 g/mol. The zero-order valence-corrected chi connectivity index (χ0v) is 18.4. The second kappa shape index (κ2) is 9.82. The van der Waals surface area contributed by atoms with E-state index in [2.05, 4.69) is 4.98 Å². The first-order valence-corrected chi connectivity index (χ1v) is 10.8. The fourth-order valence-corrected chi connectivity index (χ4v) is 3.98. The van der Waals surface area contributed by atoms with Gasteiger partial charge in [-0.3, -0.25) is 14.3 Å². The number of aliphatic hydroxyl groups is 1. The molecule has 1 N–H and O–H groups in total. The summed E-state index contributed by atoms with van der Waals surface area (Å²) >= 11 is 0. The molecule has 2 aromatic heterocycles. The zero-order valence-electron chi connectivity index (χ0n) is 18.4. The van der Waals surface area contributed by atoms with Gasteiger partial charge in [0.1, 0.15) is 17.2 Å². The number of anilines is 1. The number of pyridine rings is 2. The molecule has 0 saturated carbocycles. The first kappa shape index (κ1) is 23.7. The number of aromatic nitrogens is 2. The van der Waals surface area contributed by atoms with E-state index in [1.165, 1.54) is 0 Å². The normalized spacial score (nSPS) is 14.6. The summed E-state index contributed by atoms with van der Waals surface area (Å²) in [6.07, 6.45) is 1.08. The molecule has 0 aliphatic carbocycles. The number of benzene rings is 1. The van der Waals surface area contributed by atoms with E-state index in [1.807, 2.05) is 4.90 Å². The summed E-state index contributed by atoms with van der Waals surface area (Å²) in [5, 5.41) is 8.88. The third kappa shape index (κ3) is 4.48. The van der Waals surface area contributed by atoms with Crippen LogP contribution in [0.5, 0.6) is 0 Å². The molecule has 0 spiro atoms. The average molecular weight is 476 g/mol. The highest BCUT2D eigenvalue weighted by molar-refractivity contribution is 5.94. The minimum atomic E-state index is -0.954. The minimum absolute atomic E-state index is 0.00493. The SMILES string of the molecule is CCOC(=O)c1cn(-c2ccc(F)cc2F)c2nc(N3CCN(CCO)CC3)c(F)cc2c1=O. The summed E-state index contributed by atoms with van der Waals surface area (Å²) in [5.74, 6) is -3.51. The third-order valence-corrected chi connectivity index (χ3v) is 5.67. The van der Waals surface area contributed by atoms with Gasteiger partial charge in [0.25, 0.3) is 0 Å². The van der Waals surface area contributed by atoms with Crippen molar-refractivity contribution in [3.05, 3.63) is 63.7 Å². The van der Waals surface area contributed by atoms with E-state index in [9.17, 15) is 18.4 Å². The first-order valence-electron chi connectivity index (χ1n) is 10.8. The zero-order chi connectivity index (χ0) is 24.4. The predicted molar refractivity (Wildman–Crippen MR) is 119 cm³/mol. The van der Waals surface area contributed by atoms with E-state index >= 15 is 4.39 Å². The van der Waals surface area contributed by atoms with Crippen LogP contribution in [0.25, 0.3) is 16.7 Å². The van der Waals surface area contributed by atoms with E-state index in [0.29, 0.717) is 38.8 Å². The highest BCUT2D eigenvalue weighted by atomic mass is 19.1. The molecule has 1 saturated heterocycles. The van der Waals surface area contributed by atoms with Gasteiger partial charge in [-0.1, -0.05) is 0 Å². The van der Waals surface area contributed by atoms with Crippen molar-refractivity contribution in [3.63, 3.8) is 0 Å². The molecule has 34 heavy (non-hydrogen) atoms. The molecule has 0 amide bonds. The number of hydrogen-bond donors (Lipinski definition) is 1. The predicted octanol–water partition coefficient (Wildman–Crippen LogP) is 2.09.